The number of benzene rings is 1. The van der Waals surface area contributed by atoms with Crippen LogP contribution in [0.1, 0.15) is 18.4 Å². The highest BCUT2D eigenvalue weighted by molar-refractivity contribution is 6.31. The summed E-state index contributed by atoms with van der Waals surface area (Å²) in [4.78, 5) is 4.24. The minimum absolute atomic E-state index is 0.750. The number of ether oxygens (including phenoxy) is 1. The summed E-state index contributed by atoms with van der Waals surface area (Å²) in [6.45, 7) is 3.29. The topological polar surface area (TPSA) is 45.7 Å². The number of rotatable bonds is 6. The van der Waals surface area contributed by atoms with E-state index in [2.05, 4.69) is 27.8 Å². The first-order valence-corrected chi connectivity index (χ1v) is 8.11. The van der Waals surface area contributed by atoms with Crippen LogP contribution < -0.4 is 10.6 Å². The largest absolute Gasteiger partial charge is 0.377 e. The molecule has 0 fully saturated rings. The molecular weight excluding hydrogens is 298 g/mol. The van der Waals surface area contributed by atoms with E-state index >= 15 is 0 Å². The summed E-state index contributed by atoms with van der Waals surface area (Å²) in [5.74, 6) is 0.833. The summed E-state index contributed by atoms with van der Waals surface area (Å²) < 4.78 is 5.31. The first-order valence-electron chi connectivity index (χ1n) is 7.73. The van der Waals surface area contributed by atoms with Crippen LogP contribution in [-0.4, -0.2) is 39.3 Å². The fourth-order valence-electron chi connectivity index (χ4n) is 2.37. The van der Waals surface area contributed by atoms with E-state index in [0.29, 0.717) is 0 Å². The van der Waals surface area contributed by atoms with Crippen LogP contribution in [0.2, 0.25) is 5.02 Å². The smallest absolute Gasteiger partial charge is 0.190 e. The molecule has 2 N–H and O–H groups in total. The summed E-state index contributed by atoms with van der Waals surface area (Å²) in [7, 11) is 1.79. The fourth-order valence-corrected chi connectivity index (χ4v) is 2.60. The molecule has 0 saturated carbocycles. The Bertz CT molecular complexity index is 528. The van der Waals surface area contributed by atoms with Crippen molar-refractivity contribution in [1.29, 1.82) is 0 Å². The van der Waals surface area contributed by atoms with Gasteiger partial charge in [0.1, 0.15) is 0 Å². The van der Waals surface area contributed by atoms with Gasteiger partial charge in [0.25, 0.3) is 0 Å². The summed E-state index contributed by atoms with van der Waals surface area (Å²) in [5, 5.41) is 7.48. The van der Waals surface area contributed by atoms with Gasteiger partial charge in [-0.1, -0.05) is 41.4 Å². The number of nitrogens with one attached hydrogen (secondary N) is 2. The molecule has 1 aliphatic heterocycles. The number of aliphatic imine (C=N–C) groups is 1. The molecule has 2 rings (SSSR count). The van der Waals surface area contributed by atoms with Crippen LogP contribution in [0, 0.1) is 0 Å². The Morgan fingerprint density at radius 1 is 1.23 bits per heavy atom. The minimum atomic E-state index is 0.750. The Balaban J connectivity index is 1.67. The lowest BCUT2D eigenvalue weighted by Gasteiger charge is -2.15. The second-order valence-electron chi connectivity index (χ2n) is 5.20. The second-order valence-corrected chi connectivity index (χ2v) is 5.61. The Morgan fingerprint density at radius 2 is 2.00 bits per heavy atom. The predicted octanol–water partition coefficient (Wildman–Crippen LogP) is 2.78. The van der Waals surface area contributed by atoms with Crippen molar-refractivity contribution >= 4 is 17.6 Å². The molecule has 22 heavy (non-hydrogen) atoms. The summed E-state index contributed by atoms with van der Waals surface area (Å²) in [6.07, 6.45) is 5.14. The maximum absolute atomic E-state index is 6.15. The van der Waals surface area contributed by atoms with Crippen molar-refractivity contribution in [3.63, 3.8) is 0 Å². The highest BCUT2D eigenvalue weighted by atomic mass is 35.5. The van der Waals surface area contributed by atoms with Crippen molar-refractivity contribution < 1.29 is 4.74 Å². The average Bonchev–Trinajstić information content (AvgIpc) is 2.56. The van der Waals surface area contributed by atoms with Crippen molar-refractivity contribution in [3.05, 3.63) is 46.5 Å². The second kappa shape index (κ2) is 9.49. The molecule has 120 valence electrons. The van der Waals surface area contributed by atoms with Gasteiger partial charge in [0, 0.05) is 25.2 Å². The molecule has 1 aromatic rings. The van der Waals surface area contributed by atoms with Gasteiger partial charge in [-0.05, 0) is 30.9 Å². The molecule has 5 heteroatoms. The van der Waals surface area contributed by atoms with Crippen molar-refractivity contribution in [2.45, 2.75) is 19.3 Å². The number of guanidine groups is 1. The maximum atomic E-state index is 6.15. The van der Waals surface area contributed by atoms with Crippen LogP contribution in [0.5, 0.6) is 0 Å². The average molecular weight is 322 g/mol. The Hall–Kier alpha value is -1.52. The predicted molar refractivity (Wildman–Crippen MR) is 92.7 cm³/mol. The van der Waals surface area contributed by atoms with E-state index in [1.54, 1.807) is 7.05 Å². The van der Waals surface area contributed by atoms with Crippen molar-refractivity contribution in [1.82, 2.24) is 10.6 Å². The molecule has 0 spiro atoms. The monoisotopic (exact) mass is 321 g/mol. The number of hydrogen-bond acceptors (Lipinski definition) is 2. The lowest BCUT2D eigenvalue weighted by Crippen LogP contribution is -2.38. The molecule has 0 aromatic heterocycles. The van der Waals surface area contributed by atoms with Gasteiger partial charge >= 0.3 is 0 Å². The summed E-state index contributed by atoms with van der Waals surface area (Å²) in [6, 6.07) is 7.93. The molecule has 0 saturated heterocycles. The molecule has 0 bridgehead atoms. The van der Waals surface area contributed by atoms with Gasteiger partial charge in [0.2, 0.25) is 0 Å². The molecule has 4 nitrogen and oxygen atoms in total. The number of halogens is 1. The molecule has 0 radical (unpaired) electrons. The molecule has 0 amide bonds. The van der Waals surface area contributed by atoms with E-state index in [4.69, 9.17) is 16.3 Å². The van der Waals surface area contributed by atoms with Gasteiger partial charge in [0.05, 0.1) is 13.2 Å². The third-order valence-corrected chi connectivity index (χ3v) is 4.03. The van der Waals surface area contributed by atoms with Gasteiger partial charge in [-0.2, -0.15) is 0 Å². The van der Waals surface area contributed by atoms with Crippen molar-refractivity contribution in [3.8, 4) is 0 Å². The van der Waals surface area contributed by atoms with Crippen LogP contribution in [0.4, 0.5) is 0 Å². The lowest BCUT2D eigenvalue weighted by molar-refractivity contribution is 0.153. The third-order valence-electron chi connectivity index (χ3n) is 3.66. The number of nitrogens with zero attached hydrogens (tertiary/aromatic N) is 1. The van der Waals surface area contributed by atoms with Crippen LogP contribution in [0.15, 0.2) is 40.9 Å². The standard InChI is InChI=1S/C17H24ClN3O/c1-19-17(20-10-6-14-8-12-22-13-9-14)21-11-7-15-4-2-3-5-16(15)18/h2-5,8H,6-7,9-13H2,1H3,(H2,19,20,21). The molecular formula is C17H24ClN3O. The van der Waals surface area contributed by atoms with Crippen LogP contribution >= 0.6 is 11.6 Å². The normalized spacial score (nSPS) is 15.4. The molecule has 0 unspecified atom stereocenters. The zero-order chi connectivity index (χ0) is 15.6. The zero-order valence-corrected chi connectivity index (χ0v) is 13.8. The van der Waals surface area contributed by atoms with Gasteiger partial charge in [-0.15, -0.1) is 0 Å². The molecule has 1 aliphatic rings. The highest BCUT2D eigenvalue weighted by Gasteiger charge is 2.04. The fraction of sp³-hybridized carbons (Fsp3) is 0.471. The van der Waals surface area contributed by atoms with E-state index in [9.17, 15) is 0 Å². The minimum Gasteiger partial charge on any atom is -0.377 e. The molecule has 0 aliphatic carbocycles. The van der Waals surface area contributed by atoms with Gasteiger partial charge in [-0.3, -0.25) is 4.99 Å². The summed E-state index contributed by atoms with van der Waals surface area (Å²) in [5.41, 5.74) is 2.62. The van der Waals surface area contributed by atoms with Gasteiger partial charge in [-0.25, -0.2) is 0 Å². The quantitative estimate of drug-likeness (QED) is 0.481. The van der Waals surface area contributed by atoms with E-state index in [0.717, 1.165) is 62.1 Å². The maximum Gasteiger partial charge on any atom is 0.190 e. The Labute approximate surface area is 137 Å². The Morgan fingerprint density at radius 3 is 2.68 bits per heavy atom. The molecule has 1 aromatic carbocycles. The number of hydrogen-bond donors (Lipinski definition) is 2. The third kappa shape index (κ3) is 5.70. The molecule has 0 atom stereocenters. The first-order chi connectivity index (χ1) is 10.8. The summed E-state index contributed by atoms with van der Waals surface area (Å²) >= 11 is 6.15. The Kier molecular flexibility index (Phi) is 7.26. The first kappa shape index (κ1) is 16.8. The van der Waals surface area contributed by atoms with Gasteiger partial charge < -0.3 is 15.4 Å². The lowest BCUT2D eigenvalue weighted by atomic mass is 10.1. The highest BCUT2D eigenvalue weighted by Crippen LogP contribution is 2.14. The van der Waals surface area contributed by atoms with E-state index in [1.807, 2.05) is 18.2 Å². The van der Waals surface area contributed by atoms with E-state index < -0.39 is 0 Å². The van der Waals surface area contributed by atoms with Crippen LogP contribution in [0.25, 0.3) is 0 Å². The van der Waals surface area contributed by atoms with Crippen molar-refractivity contribution in [2.24, 2.45) is 4.99 Å². The van der Waals surface area contributed by atoms with E-state index in [-0.39, 0.29) is 0 Å². The molecule has 1 heterocycles. The zero-order valence-electron chi connectivity index (χ0n) is 13.1. The van der Waals surface area contributed by atoms with Crippen molar-refractivity contribution in [2.75, 3.05) is 33.4 Å². The SMILES string of the molecule is CN=C(NCCC1=CCOCC1)NCCc1ccccc1Cl. The van der Waals surface area contributed by atoms with Gasteiger partial charge in [0.15, 0.2) is 5.96 Å². The van der Waals surface area contributed by atoms with Crippen LogP contribution in [-0.2, 0) is 11.2 Å². The van der Waals surface area contributed by atoms with Crippen LogP contribution in [0.3, 0.4) is 0 Å². The van der Waals surface area contributed by atoms with E-state index in [1.165, 1.54) is 5.57 Å².